The van der Waals surface area contributed by atoms with E-state index < -0.39 is 0 Å². The normalized spacial score (nSPS) is 10.9. The number of halogens is 1. The summed E-state index contributed by atoms with van der Waals surface area (Å²) in [7, 11) is 0. The zero-order valence-corrected chi connectivity index (χ0v) is 17.4. The van der Waals surface area contributed by atoms with Crippen LogP contribution >= 0.6 is 27.3 Å². The number of hydrogen-bond acceptors (Lipinski definition) is 5. The van der Waals surface area contributed by atoms with Gasteiger partial charge in [0.2, 0.25) is 0 Å². The van der Waals surface area contributed by atoms with E-state index in [-0.39, 0.29) is 0 Å². The fourth-order valence-corrected chi connectivity index (χ4v) is 4.49. The minimum absolute atomic E-state index is 0.661. The zero-order valence-electron chi connectivity index (χ0n) is 15.0. The van der Waals surface area contributed by atoms with Crippen molar-refractivity contribution in [3.05, 3.63) is 64.2 Å². The van der Waals surface area contributed by atoms with Gasteiger partial charge < -0.3 is 10.1 Å². The molecule has 136 valence electrons. The molecule has 0 aliphatic rings. The van der Waals surface area contributed by atoms with E-state index in [4.69, 9.17) is 4.74 Å². The van der Waals surface area contributed by atoms with Gasteiger partial charge in [0.15, 0.2) is 0 Å². The van der Waals surface area contributed by atoms with Crippen LogP contribution in [0.3, 0.4) is 0 Å². The molecule has 4 aromatic rings. The summed E-state index contributed by atoms with van der Waals surface area (Å²) < 4.78 is 6.59. The van der Waals surface area contributed by atoms with Crippen LogP contribution in [0.2, 0.25) is 0 Å². The summed E-state index contributed by atoms with van der Waals surface area (Å²) in [5, 5.41) is 4.49. The molecule has 0 bridgehead atoms. The van der Waals surface area contributed by atoms with Crippen LogP contribution in [0, 0.1) is 6.92 Å². The molecule has 1 N–H and O–H groups in total. The second kappa shape index (κ2) is 7.66. The smallest absolute Gasteiger partial charge is 0.143 e. The molecule has 4 rings (SSSR count). The molecule has 2 aromatic heterocycles. The van der Waals surface area contributed by atoms with E-state index in [1.54, 1.807) is 17.7 Å². The first-order valence-electron chi connectivity index (χ1n) is 8.65. The van der Waals surface area contributed by atoms with Gasteiger partial charge in [-0.05, 0) is 49.7 Å². The van der Waals surface area contributed by atoms with Gasteiger partial charge in [0, 0.05) is 20.6 Å². The second-order valence-electron chi connectivity index (χ2n) is 6.03. The highest BCUT2D eigenvalue weighted by atomic mass is 79.9. The highest BCUT2D eigenvalue weighted by molar-refractivity contribution is 9.10. The Hall–Kier alpha value is -2.44. The van der Waals surface area contributed by atoms with Gasteiger partial charge in [0.25, 0.3) is 0 Å². The van der Waals surface area contributed by atoms with Crippen LogP contribution in [0.1, 0.15) is 11.8 Å². The van der Waals surface area contributed by atoms with Crippen molar-refractivity contribution >= 4 is 49.0 Å². The van der Waals surface area contributed by atoms with E-state index in [2.05, 4.69) is 50.3 Å². The van der Waals surface area contributed by atoms with Gasteiger partial charge in [-0.15, -0.1) is 11.3 Å². The van der Waals surface area contributed by atoms with Crippen LogP contribution in [0.4, 0.5) is 11.5 Å². The lowest BCUT2D eigenvalue weighted by atomic mass is 10.0. The summed E-state index contributed by atoms with van der Waals surface area (Å²) in [6.07, 6.45) is 1.61. The number of thiophene rings is 1. The number of aromatic nitrogens is 2. The molecule has 0 atom stereocenters. The van der Waals surface area contributed by atoms with Crippen molar-refractivity contribution in [3.63, 3.8) is 0 Å². The summed E-state index contributed by atoms with van der Waals surface area (Å²) in [6.45, 7) is 4.77. The molecule has 0 radical (unpaired) electrons. The fourth-order valence-electron chi connectivity index (χ4n) is 3.07. The molecule has 0 saturated heterocycles. The van der Waals surface area contributed by atoms with E-state index >= 15 is 0 Å². The molecule has 0 spiro atoms. The van der Waals surface area contributed by atoms with Gasteiger partial charge in [0.1, 0.15) is 22.7 Å². The molecule has 0 aliphatic carbocycles. The Morgan fingerprint density at radius 2 is 1.93 bits per heavy atom. The SMILES string of the molecule is CCOc1ccc(-c2c(C)sc3ncnc(Nc4cccc(Br)c4)c23)cc1. The van der Waals surface area contributed by atoms with Crippen LogP contribution in [0.25, 0.3) is 21.3 Å². The number of fused-ring (bicyclic) bond motifs is 1. The minimum atomic E-state index is 0.661. The first kappa shape index (κ1) is 17.9. The molecule has 0 saturated carbocycles. The number of aryl methyl sites for hydroxylation is 1. The third kappa shape index (κ3) is 3.68. The molecular weight excluding hydrogens is 422 g/mol. The van der Waals surface area contributed by atoms with Crippen molar-refractivity contribution in [1.82, 2.24) is 9.97 Å². The predicted octanol–water partition coefficient (Wildman–Crippen LogP) is 6.57. The van der Waals surface area contributed by atoms with E-state index in [1.165, 1.54) is 4.88 Å². The Kier molecular flexibility index (Phi) is 5.09. The van der Waals surface area contributed by atoms with Crippen LogP contribution in [0.15, 0.2) is 59.3 Å². The molecular formula is C21H18BrN3OS. The number of benzene rings is 2. The summed E-state index contributed by atoms with van der Waals surface area (Å²) in [5.41, 5.74) is 3.27. The van der Waals surface area contributed by atoms with Crippen molar-refractivity contribution in [3.8, 4) is 16.9 Å². The highest BCUT2D eigenvalue weighted by Crippen LogP contribution is 2.41. The number of anilines is 2. The maximum atomic E-state index is 5.57. The number of hydrogen-bond donors (Lipinski definition) is 1. The lowest BCUT2D eigenvalue weighted by Crippen LogP contribution is -1.96. The first-order chi connectivity index (χ1) is 13.2. The standard InChI is InChI=1S/C21H18BrN3OS/c1-3-26-17-9-7-14(8-10-17)18-13(2)27-21-19(18)20(23-12-24-21)25-16-6-4-5-15(22)11-16/h4-12H,3H2,1-2H3,(H,23,24,25). The van der Waals surface area contributed by atoms with Gasteiger partial charge in [-0.2, -0.15) is 0 Å². The van der Waals surface area contributed by atoms with Crippen molar-refractivity contribution in [2.75, 3.05) is 11.9 Å². The average molecular weight is 440 g/mol. The summed E-state index contributed by atoms with van der Waals surface area (Å²) >= 11 is 5.20. The van der Waals surface area contributed by atoms with Crippen LogP contribution in [-0.2, 0) is 0 Å². The van der Waals surface area contributed by atoms with E-state index in [0.29, 0.717) is 6.61 Å². The van der Waals surface area contributed by atoms with Crippen LogP contribution in [-0.4, -0.2) is 16.6 Å². The summed E-state index contributed by atoms with van der Waals surface area (Å²) in [6, 6.07) is 16.3. The quantitative estimate of drug-likeness (QED) is 0.381. The third-order valence-corrected chi connectivity index (χ3v) is 5.71. The largest absolute Gasteiger partial charge is 0.494 e. The lowest BCUT2D eigenvalue weighted by molar-refractivity contribution is 0.340. The highest BCUT2D eigenvalue weighted by Gasteiger charge is 2.17. The zero-order chi connectivity index (χ0) is 18.8. The first-order valence-corrected chi connectivity index (χ1v) is 10.3. The molecule has 4 nitrogen and oxygen atoms in total. The number of rotatable bonds is 5. The predicted molar refractivity (Wildman–Crippen MR) is 116 cm³/mol. The van der Waals surface area contributed by atoms with Crippen molar-refractivity contribution in [2.45, 2.75) is 13.8 Å². The van der Waals surface area contributed by atoms with E-state index in [9.17, 15) is 0 Å². The molecule has 6 heteroatoms. The molecule has 0 unspecified atom stereocenters. The summed E-state index contributed by atoms with van der Waals surface area (Å²) in [4.78, 5) is 11.2. The van der Waals surface area contributed by atoms with Crippen molar-refractivity contribution < 1.29 is 4.74 Å². The fraction of sp³-hybridized carbons (Fsp3) is 0.143. The third-order valence-electron chi connectivity index (χ3n) is 4.21. The maximum absolute atomic E-state index is 5.57. The van der Waals surface area contributed by atoms with E-state index in [0.717, 1.165) is 43.1 Å². The summed E-state index contributed by atoms with van der Waals surface area (Å²) in [5.74, 6) is 1.69. The molecule has 27 heavy (non-hydrogen) atoms. The monoisotopic (exact) mass is 439 g/mol. The molecule has 0 amide bonds. The topological polar surface area (TPSA) is 47.0 Å². The average Bonchev–Trinajstić information content (AvgIpc) is 3.00. The molecule has 0 aliphatic heterocycles. The molecule has 2 aromatic carbocycles. The molecule has 2 heterocycles. The van der Waals surface area contributed by atoms with Crippen molar-refractivity contribution in [2.24, 2.45) is 0 Å². The van der Waals surface area contributed by atoms with Gasteiger partial charge in [-0.25, -0.2) is 9.97 Å². The van der Waals surface area contributed by atoms with Gasteiger partial charge in [0.05, 0.1) is 12.0 Å². The Morgan fingerprint density at radius 1 is 1.11 bits per heavy atom. The van der Waals surface area contributed by atoms with Crippen LogP contribution in [0.5, 0.6) is 5.75 Å². The van der Waals surface area contributed by atoms with Crippen LogP contribution < -0.4 is 10.1 Å². The van der Waals surface area contributed by atoms with Gasteiger partial charge in [-0.1, -0.05) is 34.1 Å². The Labute approximate surface area is 170 Å². The Morgan fingerprint density at radius 3 is 2.67 bits per heavy atom. The van der Waals surface area contributed by atoms with Crippen molar-refractivity contribution in [1.29, 1.82) is 0 Å². The van der Waals surface area contributed by atoms with Gasteiger partial charge in [-0.3, -0.25) is 0 Å². The Bertz CT molecular complexity index is 1090. The number of nitrogens with one attached hydrogen (secondary N) is 1. The second-order valence-corrected chi connectivity index (χ2v) is 8.15. The lowest BCUT2D eigenvalue weighted by Gasteiger charge is -2.10. The molecule has 0 fully saturated rings. The Balaban J connectivity index is 1.82. The minimum Gasteiger partial charge on any atom is -0.494 e. The maximum Gasteiger partial charge on any atom is 0.143 e. The van der Waals surface area contributed by atoms with Gasteiger partial charge >= 0.3 is 0 Å². The number of nitrogens with zero attached hydrogens (tertiary/aromatic N) is 2. The van der Waals surface area contributed by atoms with E-state index in [1.807, 2.05) is 43.3 Å². The number of ether oxygens (including phenoxy) is 1.